The molecule has 5 atom stereocenters. The van der Waals surface area contributed by atoms with Crippen LogP contribution in [-0.4, -0.2) is 82.4 Å². The Kier molecular flexibility index (Phi) is 9.38. The number of sulfone groups is 1. The Morgan fingerprint density at radius 1 is 1.35 bits per heavy atom. The minimum absolute atomic E-state index is 0.0579. The van der Waals surface area contributed by atoms with Crippen molar-refractivity contribution >= 4 is 15.7 Å². The van der Waals surface area contributed by atoms with Crippen molar-refractivity contribution < 1.29 is 32.2 Å². The second-order valence-corrected chi connectivity index (χ2v) is 10.1. The van der Waals surface area contributed by atoms with Gasteiger partial charge in [0.1, 0.15) is 12.8 Å². The average Bonchev–Trinajstić information content (AvgIpc) is 2.70. The third-order valence-electron chi connectivity index (χ3n) is 5.55. The molecule has 1 aromatic carbocycles. The van der Waals surface area contributed by atoms with Gasteiger partial charge in [0, 0.05) is 38.8 Å². The van der Waals surface area contributed by atoms with Crippen molar-refractivity contribution in [2.75, 3.05) is 33.6 Å². The molecule has 1 aliphatic heterocycles. The van der Waals surface area contributed by atoms with E-state index in [1.807, 2.05) is 18.9 Å². The van der Waals surface area contributed by atoms with Gasteiger partial charge in [-0.2, -0.15) is 0 Å². The van der Waals surface area contributed by atoms with Crippen molar-refractivity contribution in [3.05, 3.63) is 29.8 Å². The number of nitrogens with one attached hydrogen (secondary N) is 1. The van der Waals surface area contributed by atoms with Crippen LogP contribution in [0.25, 0.3) is 0 Å². The third kappa shape index (κ3) is 7.50. The molecule has 8 nitrogen and oxygen atoms in total. The van der Waals surface area contributed by atoms with Crippen molar-refractivity contribution in [1.82, 2.24) is 10.2 Å². The Bertz CT molecular complexity index is 810. The Morgan fingerprint density at radius 2 is 2.00 bits per heavy atom. The summed E-state index contributed by atoms with van der Waals surface area (Å²) in [6.07, 6.45) is 0.890. The van der Waals surface area contributed by atoms with E-state index in [0.717, 1.165) is 12.7 Å². The van der Waals surface area contributed by atoms with Crippen LogP contribution in [0.15, 0.2) is 29.2 Å². The molecule has 0 aromatic heterocycles. The summed E-state index contributed by atoms with van der Waals surface area (Å²) >= 11 is 0. The molecule has 1 aliphatic rings. The first-order valence-corrected chi connectivity index (χ1v) is 12.2. The fraction of sp³-hybridized carbons (Fsp3) is 0.667. The molecule has 1 aromatic rings. The predicted octanol–water partition coefficient (Wildman–Crippen LogP) is 1.44. The topological polar surface area (TPSA) is 105 Å². The highest BCUT2D eigenvalue weighted by Crippen LogP contribution is 2.24. The van der Waals surface area contributed by atoms with Crippen molar-refractivity contribution in [2.24, 2.45) is 0 Å². The minimum Gasteiger partial charge on any atom is -0.375 e. The first-order chi connectivity index (χ1) is 14.5. The molecule has 10 heteroatoms. The zero-order valence-electron chi connectivity index (χ0n) is 18.5. The Morgan fingerprint density at radius 3 is 2.52 bits per heavy atom. The number of carbonyl (C=O) groups excluding carboxylic acids is 1. The Balaban J connectivity index is 1.94. The molecule has 0 saturated carbocycles. The van der Waals surface area contributed by atoms with E-state index >= 15 is 0 Å². The van der Waals surface area contributed by atoms with Crippen LogP contribution < -0.4 is 5.32 Å². The van der Waals surface area contributed by atoms with Gasteiger partial charge in [-0.25, -0.2) is 12.8 Å². The summed E-state index contributed by atoms with van der Waals surface area (Å²) < 4.78 is 47.7. The molecule has 1 saturated heterocycles. The summed E-state index contributed by atoms with van der Waals surface area (Å²) in [6.45, 7) is 1.52. The summed E-state index contributed by atoms with van der Waals surface area (Å²) in [5.74, 6) is -0.315. The lowest BCUT2D eigenvalue weighted by molar-refractivity contribution is -0.173. The molecule has 0 spiro atoms. The van der Waals surface area contributed by atoms with Crippen LogP contribution in [-0.2, 0) is 24.1 Å². The number of ether oxygens (including phenoxy) is 2. The van der Waals surface area contributed by atoms with Crippen molar-refractivity contribution in [2.45, 2.75) is 61.7 Å². The number of hydrogen-bond donors (Lipinski definition) is 2. The number of aliphatic hydroxyl groups is 1. The molecule has 0 aliphatic carbocycles. The van der Waals surface area contributed by atoms with E-state index in [2.05, 4.69) is 5.32 Å². The van der Waals surface area contributed by atoms with Crippen LogP contribution in [0.2, 0.25) is 0 Å². The van der Waals surface area contributed by atoms with Gasteiger partial charge in [-0.1, -0.05) is 12.1 Å². The Labute approximate surface area is 183 Å². The zero-order chi connectivity index (χ0) is 23.2. The van der Waals surface area contributed by atoms with Crippen LogP contribution in [0.5, 0.6) is 0 Å². The van der Waals surface area contributed by atoms with Crippen LogP contribution in [0.4, 0.5) is 4.39 Å². The van der Waals surface area contributed by atoms with Gasteiger partial charge in [0.25, 0.3) is 0 Å². The number of rotatable bonds is 10. The summed E-state index contributed by atoms with van der Waals surface area (Å²) in [5, 5.41) is 12.4. The predicted molar refractivity (Wildman–Crippen MR) is 114 cm³/mol. The van der Waals surface area contributed by atoms with E-state index in [9.17, 15) is 22.7 Å². The number of carbonyl (C=O) groups is 1. The summed E-state index contributed by atoms with van der Waals surface area (Å²) in [6, 6.07) is 5.19. The number of aliphatic hydroxyl groups excluding tert-OH is 1. The lowest BCUT2D eigenvalue weighted by Crippen LogP contribution is -2.45. The summed E-state index contributed by atoms with van der Waals surface area (Å²) in [5.41, 5.74) is 0.570. The second-order valence-electron chi connectivity index (χ2n) is 8.08. The van der Waals surface area contributed by atoms with Crippen LogP contribution >= 0.6 is 0 Å². The molecule has 176 valence electrons. The molecule has 1 amide bonds. The molecular formula is C21H33FN2O6S. The monoisotopic (exact) mass is 460 g/mol. The van der Waals surface area contributed by atoms with Gasteiger partial charge >= 0.3 is 0 Å². The first-order valence-electron chi connectivity index (χ1n) is 10.3. The lowest BCUT2D eigenvalue weighted by atomic mass is 10.0. The number of nitrogens with zero attached hydrogens (tertiary/aromatic N) is 1. The number of hydrogen-bond acceptors (Lipinski definition) is 7. The number of methoxy groups -OCH3 is 1. The molecule has 1 fully saturated rings. The third-order valence-corrected chi connectivity index (χ3v) is 6.68. The van der Waals surface area contributed by atoms with Gasteiger partial charge in [-0.15, -0.1) is 0 Å². The van der Waals surface area contributed by atoms with Gasteiger partial charge < -0.3 is 24.8 Å². The van der Waals surface area contributed by atoms with Crippen molar-refractivity contribution in [1.29, 1.82) is 0 Å². The second kappa shape index (κ2) is 11.3. The van der Waals surface area contributed by atoms with Crippen LogP contribution in [0.1, 0.15) is 37.9 Å². The summed E-state index contributed by atoms with van der Waals surface area (Å²) in [4.78, 5) is 14.6. The van der Waals surface area contributed by atoms with Gasteiger partial charge in [0.15, 0.2) is 16.1 Å². The summed E-state index contributed by atoms with van der Waals surface area (Å²) in [7, 11) is -0.0439. The maximum absolute atomic E-state index is 13.7. The number of amides is 1. The average molecular weight is 461 g/mol. The number of alkyl halides is 1. The molecule has 1 unspecified atom stereocenters. The molecule has 0 radical (unpaired) electrons. The highest BCUT2D eigenvalue weighted by atomic mass is 32.2. The number of halogens is 1. The molecular weight excluding hydrogens is 427 g/mol. The molecule has 2 N–H and O–H groups in total. The fourth-order valence-corrected chi connectivity index (χ4v) is 4.45. The highest BCUT2D eigenvalue weighted by Gasteiger charge is 2.29. The smallest absolute Gasteiger partial charge is 0.221 e. The van der Waals surface area contributed by atoms with Crippen molar-refractivity contribution in [3.63, 3.8) is 0 Å². The zero-order valence-corrected chi connectivity index (χ0v) is 19.3. The van der Waals surface area contributed by atoms with Crippen LogP contribution in [0, 0.1) is 0 Å². The molecule has 0 bridgehead atoms. The first kappa shape index (κ1) is 25.7. The van der Waals surface area contributed by atoms with E-state index < -0.39 is 34.9 Å². The SMILES string of the molecule is CO[C@H](c1ccc(S(C)(=O)=O)cc1)[C@@H](CF)NC(=O)CCN(C)[C@@H]1CC(O)O[C@H](C)C1. The molecule has 2 rings (SSSR count). The maximum Gasteiger partial charge on any atom is 0.221 e. The van der Waals surface area contributed by atoms with E-state index in [1.165, 1.54) is 19.2 Å². The maximum atomic E-state index is 13.7. The standard InChI is InChI=1S/C21H33FN2O6S/c1-14-11-16(12-20(26)30-14)24(2)10-9-19(25)23-18(13-22)21(29-3)15-5-7-17(8-6-15)31(4,27)28/h5-8,14,16,18,20-21,26H,9-13H2,1-4H3,(H,23,25)/t14-,16+,18-,20?,21-/m1/s1. The van der Waals surface area contributed by atoms with Crippen molar-refractivity contribution in [3.8, 4) is 0 Å². The normalized spacial score (nSPS) is 24.0. The van der Waals surface area contributed by atoms with Crippen LogP contribution in [0.3, 0.4) is 0 Å². The fourth-order valence-electron chi connectivity index (χ4n) is 3.82. The lowest BCUT2D eigenvalue weighted by Gasteiger charge is -2.36. The highest BCUT2D eigenvalue weighted by molar-refractivity contribution is 7.90. The van der Waals surface area contributed by atoms with E-state index in [0.29, 0.717) is 18.5 Å². The minimum atomic E-state index is -3.34. The van der Waals surface area contributed by atoms with Gasteiger partial charge in [0.2, 0.25) is 5.91 Å². The largest absolute Gasteiger partial charge is 0.375 e. The van der Waals surface area contributed by atoms with Gasteiger partial charge in [-0.05, 0) is 38.1 Å². The Hall–Kier alpha value is -1.59. The van der Waals surface area contributed by atoms with E-state index in [-0.39, 0.29) is 29.4 Å². The van der Waals surface area contributed by atoms with E-state index in [1.54, 1.807) is 12.1 Å². The molecule has 31 heavy (non-hydrogen) atoms. The van der Waals surface area contributed by atoms with E-state index in [4.69, 9.17) is 9.47 Å². The quantitative estimate of drug-likeness (QED) is 0.544. The van der Waals surface area contributed by atoms with Gasteiger partial charge in [0.05, 0.1) is 17.0 Å². The molecule has 1 heterocycles. The number of benzene rings is 1. The van der Waals surface area contributed by atoms with Gasteiger partial charge in [-0.3, -0.25) is 4.79 Å².